The molecule has 0 unspecified atom stereocenters. The van der Waals surface area contributed by atoms with Gasteiger partial charge in [-0.2, -0.15) is 0 Å². The number of benzene rings is 1. The topological polar surface area (TPSA) is 79.5 Å². The molecular weight excluding hydrogens is 246 g/mol. The number of carbonyl (C=O) groups is 2. The molecule has 2 rings (SSSR count). The SMILES string of the molecule is Cc1ccc(C)n1-c1cc(C(=O)O)ccc1C(=O)O. The fourth-order valence-electron chi connectivity index (χ4n) is 2.08. The Bertz CT molecular complexity index is 651. The van der Waals surface area contributed by atoms with Crippen molar-refractivity contribution in [3.63, 3.8) is 0 Å². The molecule has 2 N–H and O–H groups in total. The van der Waals surface area contributed by atoms with E-state index in [0.717, 1.165) is 11.4 Å². The van der Waals surface area contributed by atoms with Gasteiger partial charge in [-0.3, -0.25) is 0 Å². The van der Waals surface area contributed by atoms with Crippen molar-refractivity contribution in [2.24, 2.45) is 0 Å². The van der Waals surface area contributed by atoms with Crippen LogP contribution >= 0.6 is 0 Å². The zero-order valence-corrected chi connectivity index (χ0v) is 10.5. The summed E-state index contributed by atoms with van der Waals surface area (Å²) in [7, 11) is 0. The van der Waals surface area contributed by atoms with Gasteiger partial charge in [0.15, 0.2) is 0 Å². The van der Waals surface area contributed by atoms with Gasteiger partial charge in [-0.25, -0.2) is 9.59 Å². The Labute approximate surface area is 109 Å². The van der Waals surface area contributed by atoms with E-state index in [9.17, 15) is 14.7 Å². The van der Waals surface area contributed by atoms with Gasteiger partial charge in [0.25, 0.3) is 0 Å². The molecule has 1 aromatic carbocycles. The second kappa shape index (κ2) is 4.61. The van der Waals surface area contributed by atoms with Crippen LogP contribution < -0.4 is 0 Å². The van der Waals surface area contributed by atoms with Gasteiger partial charge < -0.3 is 14.8 Å². The van der Waals surface area contributed by atoms with Crippen molar-refractivity contribution >= 4 is 11.9 Å². The summed E-state index contributed by atoms with van der Waals surface area (Å²) in [6.45, 7) is 3.68. The number of aryl methyl sites for hydroxylation is 2. The highest BCUT2D eigenvalue weighted by Crippen LogP contribution is 2.22. The number of carboxylic acids is 2. The minimum Gasteiger partial charge on any atom is -0.478 e. The maximum absolute atomic E-state index is 11.3. The Kier molecular flexibility index (Phi) is 3.12. The zero-order valence-electron chi connectivity index (χ0n) is 10.5. The maximum Gasteiger partial charge on any atom is 0.337 e. The fraction of sp³-hybridized carbons (Fsp3) is 0.143. The maximum atomic E-state index is 11.3. The van der Waals surface area contributed by atoms with Crippen molar-refractivity contribution in [3.05, 3.63) is 52.8 Å². The van der Waals surface area contributed by atoms with Crippen LogP contribution in [0.2, 0.25) is 0 Å². The number of nitrogens with zero attached hydrogens (tertiary/aromatic N) is 1. The monoisotopic (exact) mass is 259 g/mol. The van der Waals surface area contributed by atoms with Crippen LogP contribution in [-0.2, 0) is 0 Å². The zero-order chi connectivity index (χ0) is 14.2. The van der Waals surface area contributed by atoms with Crippen LogP contribution in [0.15, 0.2) is 30.3 Å². The lowest BCUT2D eigenvalue weighted by Crippen LogP contribution is -2.10. The van der Waals surface area contributed by atoms with Crippen molar-refractivity contribution in [2.45, 2.75) is 13.8 Å². The predicted octanol–water partition coefficient (Wildman–Crippen LogP) is 2.49. The smallest absolute Gasteiger partial charge is 0.337 e. The van der Waals surface area contributed by atoms with E-state index in [2.05, 4.69) is 0 Å². The molecule has 0 amide bonds. The molecule has 2 aromatic rings. The second-order valence-electron chi connectivity index (χ2n) is 4.29. The third kappa shape index (κ3) is 2.22. The van der Waals surface area contributed by atoms with Crippen molar-refractivity contribution in [2.75, 3.05) is 0 Å². The Morgan fingerprint density at radius 2 is 1.53 bits per heavy atom. The molecule has 0 spiro atoms. The summed E-state index contributed by atoms with van der Waals surface area (Å²) in [6.07, 6.45) is 0. The predicted molar refractivity (Wildman–Crippen MR) is 69.2 cm³/mol. The van der Waals surface area contributed by atoms with Gasteiger partial charge >= 0.3 is 11.9 Å². The van der Waals surface area contributed by atoms with E-state index in [0.29, 0.717) is 5.69 Å². The van der Waals surface area contributed by atoms with Crippen molar-refractivity contribution in [1.29, 1.82) is 0 Å². The highest BCUT2D eigenvalue weighted by Gasteiger charge is 2.16. The molecule has 0 aliphatic heterocycles. The normalized spacial score (nSPS) is 10.4. The summed E-state index contributed by atoms with van der Waals surface area (Å²) < 4.78 is 1.73. The molecule has 1 aromatic heterocycles. The van der Waals surface area contributed by atoms with E-state index in [-0.39, 0.29) is 11.1 Å². The Hall–Kier alpha value is -2.56. The van der Waals surface area contributed by atoms with E-state index in [1.54, 1.807) is 4.57 Å². The average molecular weight is 259 g/mol. The summed E-state index contributed by atoms with van der Waals surface area (Å²) >= 11 is 0. The highest BCUT2D eigenvalue weighted by molar-refractivity contribution is 5.95. The first-order valence-corrected chi connectivity index (χ1v) is 5.67. The number of hydrogen-bond donors (Lipinski definition) is 2. The van der Waals surface area contributed by atoms with E-state index >= 15 is 0 Å². The molecule has 19 heavy (non-hydrogen) atoms. The van der Waals surface area contributed by atoms with Gasteiger partial charge in [-0.15, -0.1) is 0 Å². The van der Waals surface area contributed by atoms with Crippen molar-refractivity contribution in [1.82, 2.24) is 4.57 Å². The van der Waals surface area contributed by atoms with Gasteiger partial charge in [0.1, 0.15) is 0 Å². The quantitative estimate of drug-likeness (QED) is 0.887. The first kappa shape index (κ1) is 12.9. The van der Waals surface area contributed by atoms with Gasteiger partial charge in [0.2, 0.25) is 0 Å². The Morgan fingerprint density at radius 1 is 0.947 bits per heavy atom. The molecule has 0 aliphatic rings. The standard InChI is InChI=1S/C14H13NO4/c1-8-3-4-9(2)15(8)12-7-10(13(16)17)5-6-11(12)14(18)19/h3-7H,1-2H3,(H,16,17)(H,18,19). The number of carboxylic acid groups (broad SMARTS) is 2. The molecule has 0 atom stereocenters. The third-order valence-corrected chi connectivity index (χ3v) is 2.99. The highest BCUT2D eigenvalue weighted by atomic mass is 16.4. The van der Waals surface area contributed by atoms with Gasteiger partial charge in [-0.1, -0.05) is 0 Å². The lowest BCUT2D eigenvalue weighted by atomic mass is 10.1. The summed E-state index contributed by atoms with van der Waals surface area (Å²) in [5.41, 5.74) is 2.21. The number of aromatic nitrogens is 1. The largest absolute Gasteiger partial charge is 0.478 e. The number of hydrogen-bond acceptors (Lipinski definition) is 2. The van der Waals surface area contributed by atoms with Crippen molar-refractivity contribution < 1.29 is 19.8 Å². The lowest BCUT2D eigenvalue weighted by Gasteiger charge is -2.13. The Balaban J connectivity index is 2.75. The van der Waals surface area contributed by atoms with Crippen LogP contribution in [0.4, 0.5) is 0 Å². The van der Waals surface area contributed by atoms with E-state index in [4.69, 9.17) is 5.11 Å². The summed E-state index contributed by atoms with van der Waals surface area (Å²) in [4.78, 5) is 22.3. The van der Waals surface area contributed by atoms with Crippen LogP contribution in [0.1, 0.15) is 32.1 Å². The molecule has 0 bridgehead atoms. The molecule has 0 radical (unpaired) electrons. The van der Waals surface area contributed by atoms with E-state index in [1.807, 2.05) is 26.0 Å². The van der Waals surface area contributed by atoms with Crippen molar-refractivity contribution in [3.8, 4) is 5.69 Å². The lowest BCUT2D eigenvalue weighted by molar-refractivity contribution is 0.0681. The number of aromatic carboxylic acids is 2. The summed E-state index contributed by atoms with van der Waals surface area (Å²) in [5.74, 6) is -2.17. The first-order chi connectivity index (χ1) is 8.91. The summed E-state index contributed by atoms with van der Waals surface area (Å²) in [6, 6.07) is 7.71. The Morgan fingerprint density at radius 3 is 2.00 bits per heavy atom. The number of rotatable bonds is 3. The molecular formula is C14H13NO4. The first-order valence-electron chi connectivity index (χ1n) is 5.67. The fourth-order valence-corrected chi connectivity index (χ4v) is 2.08. The van der Waals surface area contributed by atoms with Gasteiger partial charge in [0, 0.05) is 11.4 Å². The minimum absolute atomic E-state index is 0.0625. The van der Waals surface area contributed by atoms with Crippen LogP contribution in [0.5, 0.6) is 0 Å². The van der Waals surface area contributed by atoms with Crippen LogP contribution in [0, 0.1) is 13.8 Å². The van der Waals surface area contributed by atoms with Crippen LogP contribution in [0.25, 0.3) is 5.69 Å². The molecule has 1 heterocycles. The molecule has 0 saturated carbocycles. The molecule has 0 aliphatic carbocycles. The molecule has 5 heteroatoms. The second-order valence-corrected chi connectivity index (χ2v) is 4.29. The summed E-state index contributed by atoms with van der Waals surface area (Å²) in [5, 5.41) is 18.2. The van der Waals surface area contributed by atoms with Gasteiger partial charge in [-0.05, 0) is 44.2 Å². The molecule has 98 valence electrons. The molecule has 5 nitrogen and oxygen atoms in total. The van der Waals surface area contributed by atoms with E-state index < -0.39 is 11.9 Å². The molecule has 0 fully saturated rings. The van der Waals surface area contributed by atoms with Gasteiger partial charge in [0.05, 0.1) is 16.8 Å². The van der Waals surface area contributed by atoms with Crippen LogP contribution in [0.3, 0.4) is 0 Å². The van der Waals surface area contributed by atoms with E-state index in [1.165, 1.54) is 18.2 Å². The average Bonchev–Trinajstić information content (AvgIpc) is 2.68. The third-order valence-electron chi connectivity index (χ3n) is 2.99. The molecule has 0 saturated heterocycles. The van der Waals surface area contributed by atoms with Crippen LogP contribution in [-0.4, -0.2) is 26.7 Å². The minimum atomic E-state index is -1.08.